The van der Waals surface area contributed by atoms with Crippen molar-refractivity contribution in [3.63, 3.8) is 0 Å². The number of rotatable bonds is 7. The van der Waals surface area contributed by atoms with Gasteiger partial charge >= 0.3 is 0 Å². The van der Waals surface area contributed by atoms with Crippen molar-refractivity contribution in [2.45, 2.75) is 11.6 Å². The van der Waals surface area contributed by atoms with Crippen LogP contribution in [0.25, 0.3) is 0 Å². The van der Waals surface area contributed by atoms with Crippen LogP contribution in [0, 0.1) is 0 Å². The van der Waals surface area contributed by atoms with Crippen LogP contribution in [0.3, 0.4) is 0 Å². The van der Waals surface area contributed by atoms with Gasteiger partial charge in [-0.05, 0) is 46.3 Å². The molecule has 2 N–H and O–H groups in total. The normalized spacial score (nSPS) is 10.7. The van der Waals surface area contributed by atoms with Gasteiger partial charge in [0.25, 0.3) is 0 Å². The molecule has 2 amide bonds. The average molecular weight is 529 g/mol. The van der Waals surface area contributed by atoms with Crippen molar-refractivity contribution < 1.29 is 9.59 Å². The first-order valence-corrected chi connectivity index (χ1v) is 11.2. The van der Waals surface area contributed by atoms with Crippen LogP contribution in [0.2, 0.25) is 10.0 Å². The summed E-state index contributed by atoms with van der Waals surface area (Å²) in [6, 6.07) is 12.1. The van der Waals surface area contributed by atoms with E-state index in [1.54, 1.807) is 54.1 Å². The Hall–Kier alpha value is -2.07. The topological polar surface area (TPSA) is 88.9 Å². The number of halogens is 3. The molecule has 0 bridgehead atoms. The molecule has 3 rings (SSSR count). The van der Waals surface area contributed by atoms with Gasteiger partial charge in [0.1, 0.15) is 5.82 Å². The largest absolute Gasteiger partial charge is 0.325 e. The van der Waals surface area contributed by atoms with Gasteiger partial charge in [-0.1, -0.05) is 47.1 Å². The summed E-state index contributed by atoms with van der Waals surface area (Å²) < 4.78 is 2.43. The monoisotopic (exact) mass is 527 g/mol. The van der Waals surface area contributed by atoms with Gasteiger partial charge in [0.05, 0.1) is 27.9 Å². The van der Waals surface area contributed by atoms with Crippen LogP contribution in [0.1, 0.15) is 5.82 Å². The number of thioether (sulfide) groups is 1. The van der Waals surface area contributed by atoms with Crippen molar-refractivity contribution in [2.75, 3.05) is 16.4 Å². The third kappa shape index (κ3) is 5.98. The molecule has 0 aliphatic carbocycles. The third-order valence-corrected chi connectivity index (χ3v) is 6.51. The first-order valence-electron chi connectivity index (χ1n) is 8.64. The second-order valence-corrected chi connectivity index (χ2v) is 8.74. The second-order valence-electron chi connectivity index (χ2n) is 6.13. The molecule has 156 valence electrons. The van der Waals surface area contributed by atoms with E-state index in [0.29, 0.717) is 32.4 Å². The van der Waals surface area contributed by atoms with Gasteiger partial charge in [0, 0.05) is 17.2 Å². The molecule has 1 aromatic heterocycles. The first-order chi connectivity index (χ1) is 14.3. The molecule has 0 radical (unpaired) electrons. The van der Waals surface area contributed by atoms with Crippen LogP contribution >= 0.6 is 50.9 Å². The van der Waals surface area contributed by atoms with Gasteiger partial charge in [-0.3, -0.25) is 9.59 Å². The Morgan fingerprint density at radius 3 is 2.57 bits per heavy atom. The molecule has 0 aliphatic rings. The molecular weight excluding hydrogens is 513 g/mol. The lowest BCUT2D eigenvalue weighted by Crippen LogP contribution is -2.17. The first kappa shape index (κ1) is 22.6. The summed E-state index contributed by atoms with van der Waals surface area (Å²) in [6.07, 6.45) is 0.0267. The number of hydrogen-bond donors (Lipinski definition) is 2. The fraction of sp³-hybridized carbons (Fsp3) is 0.158. The van der Waals surface area contributed by atoms with Crippen LogP contribution in [-0.4, -0.2) is 32.3 Å². The van der Waals surface area contributed by atoms with Gasteiger partial charge in [-0.25, -0.2) is 0 Å². The summed E-state index contributed by atoms with van der Waals surface area (Å²) in [5.41, 5.74) is 1.13. The number of aromatic nitrogens is 3. The highest BCUT2D eigenvalue weighted by Gasteiger charge is 2.15. The summed E-state index contributed by atoms with van der Waals surface area (Å²) in [4.78, 5) is 24.5. The zero-order valence-corrected chi connectivity index (χ0v) is 19.6. The van der Waals surface area contributed by atoms with E-state index in [0.717, 1.165) is 4.47 Å². The average Bonchev–Trinajstić information content (AvgIpc) is 3.04. The van der Waals surface area contributed by atoms with Crippen LogP contribution < -0.4 is 10.6 Å². The lowest BCUT2D eigenvalue weighted by molar-refractivity contribution is -0.116. The number of para-hydroxylation sites is 1. The Kier molecular flexibility index (Phi) is 7.76. The van der Waals surface area contributed by atoms with E-state index in [-0.39, 0.29) is 24.0 Å². The Labute approximate surface area is 195 Å². The molecule has 1 heterocycles. The predicted molar refractivity (Wildman–Crippen MR) is 123 cm³/mol. The van der Waals surface area contributed by atoms with E-state index in [1.165, 1.54) is 11.8 Å². The van der Waals surface area contributed by atoms with Crippen molar-refractivity contribution in [2.24, 2.45) is 7.05 Å². The van der Waals surface area contributed by atoms with Gasteiger partial charge in [0.2, 0.25) is 11.8 Å². The minimum atomic E-state index is -0.264. The molecule has 0 fully saturated rings. The number of carbonyl (C=O) groups is 2. The zero-order valence-electron chi connectivity index (χ0n) is 15.7. The lowest BCUT2D eigenvalue weighted by Gasteiger charge is -2.08. The van der Waals surface area contributed by atoms with Gasteiger partial charge < -0.3 is 15.2 Å². The molecule has 0 saturated heterocycles. The molecule has 0 unspecified atom stereocenters. The van der Waals surface area contributed by atoms with Gasteiger partial charge in [0.15, 0.2) is 5.16 Å². The SMILES string of the molecule is Cn1c(CC(=O)Nc2ccccc2Cl)nnc1SCC(=O)Nc1ccc(Br)c(Cl)c1. The van der Waals surface area contributed by atoms with Crippen molar-refractivity contribution in [3.05, 3.63) is 62.8 Å². The van der Waals surface area contributed by atoms with Gasteiger partial charge in [-0.2, -0.15) is 0 Å². The maximum Gasteiger partial charge on any atom is 0.234 e. The van der Waals surface area contributed by atoms with Crippen LogP contribution in [0.15, 0.2) is 52.1 Å². The van der Waals surface area contributed by atoms with E-state index in [1.807, 2.05) is 0 Å². The van der Waals surface area contributed by atoms with E-state index in [9.17, 15) is 9.59 Å². The molecule has 3 aromatic rings. The highest BCUT2D eigenvalue weighted by molar-refractivity contribution is 9.10. The van der Waals surface area contributed by atoms with Crippen LogP contribution in [0.5, 0.6) is 0 Å². The van der Waals surface area contributed by atoms with E-state index < -0.39 is 0 Å². The fourth-order valence-corrected chi connectivity index (χ4v) is 3.77. The minimum absolute atomic E-state index is 0.0267. The van der Waals surface area contributed by atoms with Crippen LogP contribution in [0.4, 0.5) is 11.4 Å². The number of hydrogen-bond acceptors (Lipinski definition) is 5. The minimum Gasteiger partial charge on any atom is -0.325 e. The number of carbonyl (C=O) groups excluding carboxylic acids is 2. The molecular formula is C19H16BrCl2N5O2S. The van der Waals surface area contributed by atoms with E-state index in [2.05, 4.69) is 36.8 Å². The van der Waals surface area contributed by atoms with E-state index >= 15 is 0 Å². The molecule has 30 heavy (non-hydrogen) atoms. The van der Waals surface area contributed by atoms with Crippen molar-refractivity contribution in [1.82, 2.24) is 14.8 Å². The fourth-order valence-electron chi connectivity index (χ4n) is 2.43. The number of benzene rings is 2. The number of nitrogens with zero attached hydrogens (tertiary/aromatic N) is 3. The molecule has 7 nitrogen and oxygen atoms in total. The predicted octanol–water partition coefficient (Wildman–Crippen LogP) is 4.80. The quantitative estimate of drug-likeness (QED) is 0.430. The second kappa shape index (κ2) is 10.3. The summed E-state index contributed by atoms with van der Waals surface area (Å²) in [6.45, 7) is 0. The molecule has 0 spiro atoms. The summed E-state index contributed by atoms with van der Waals surface area (Å²) in [5, 5.41) is 15.1. The highest BCUT2D eigenvalue weighted by atomic mass is 79.9. The van der Waals surface area contributed by atoms with E-state index in [4.69, 9.17) is 23.2 Å². The number of anilines is 2. The van der Waals surface area contributed by atoms with Crippen molar-refractivity contribution >= 4 is 74.1 Å². The Morgan fingerprint density at radius 2 is 1.83 bits per heavy atom. The molecule has 11 heteroatoms. The smallest absolute Gasteiger partial charge is 0.234 e. The summed E-state index contributed by atoms with van der Waals surface area (Å²) >= 11 is 16.6. The summed E-state index contributed by atoms with van der Waals surface area (Å²) in [7, 11) is 1.74. The number of nitrogens with one attached hydrogen (secondary N) is 2. The molecule has 0 aliphatic heterocycles. The molecule has 0 atom stereocenters. The van der Waals surface area contributed by atoms with Crippen molar-refractivity contribution in [1.29, 1.82) is 0 Å². The molecule has 0 saturated carbocycles. The van der Waals surface area contributed by atoms with Crippen LogP contribution in [-0.2, 0) is 23.1 Å². The van der Waals surface area contributed by atoms with Gasteiger partial charge in [-0.15, -0.1) is 10.2 Å². The maximum absolute atomic E-state index is 12.3. The third-order valence-electron chi connectivity index (χ3n) is 3.93. The highest BCUT2D eigenvalue weighted by Crippen LogP contribution is 2.26. The summed E-state index contributed by atoms with van der Waals surface area (Å²) in [5.74, 6) is 0.132. The lowest BCUT2D eigenvalue weighted by atomic mass is 10.3. The zero-order chi connectivity index (χ0) is 21.7. The Balaban J connectivity index is 1.54. The standard InChI is InChI=1S/C19H16BrCl2N5O2S/c1-27-16(9-17(28)24-15-5-3-2-4-13(15)21)25-26-19(27)30-10-18(29)23-11-6-7-12(20)14(22)8-11/h2-8H,9-10H2,1H3,(H,23,29)(H,24,28). The Bertz CT molecular complexity index is 1090. The Morgan fingerprint density at radius 1 is 1.07 bits per heavy atom. The van der Waals surface area contributed by atoms with Crippen molar-refractivity contribution in [3.8, 4) is 0 Å². The molecule has 2 aromatic carbocycles. The number of amides is 2. The maximum atomic E-state index is 12.3.